The second-order valence-electron chi connectivity index (χ2n) is 6.13. The highest BCUT2D eigenvalue weighted by Crippen LogP contribution is 2.19. The van der Waals surface area contributed by atoms with Gasteiger partial charge in [0.25, 0.3) is 5.56 Å². The van der Waals surface area contributed by atoms with E-state index in [2.05, 4.69) is 9.71 Å². The van der Waals surface area contributed by atoms with Crippen molar-refractivity contribution in [3.05, 3.63) is 69.8 Å². The Bertz CT molecular complexity index is 1160. The van der Waals surface area contributed by atoms with Crippen LogP contribution in [0.3, 0.4) is 0 Å². The number of nitrogens with one attached hydrogen (secondary N) is 2. The highest BCUT2D eigenvalue weighted by atomic mass is 32.2. The van der Waals surface area contributed by atoms with E-state index in [1.54, 1.807) is 31.4 Å². The molecule has 0 radical (unpaired) electrons. The van der Waals surface area contributed by atoms with Gasteiger partial charge in [0.2, 0.25) is 10.0 Å². The molecule has 27 heavy (non-hydrogen) atoms. The van der Waals surface area contributed by atoms with Gasteiger partial charge < -0.3 is 9.72 Å². The first kappa shape index (κ1) is 19.1. The number of hydrogen-bond donors (Lipinski definition) is 2. The molecule has 6 nitrogen and oxygen atoms in total. The van der Waals surface area contributed by atoms with Gasteiger partial charge in [-0.15, -0.1) is 0 Å². The van der Waals surface area contributed by atoms with Crippen molar-refractivity contribution < 1.29 is 17.5 Å². The third-order valence-corrected chi connectivity index (χ3v) is 5.86. The number of aryl methyl sites for hydroxylation is 1. The number of H-pyrrole nitrogens is 1. The van der Waals surface area contributed by atoms with Crippen LogP contribution in [0.5, 0.6) is 5.75 Å². The van der Waals surface area contributed by atoms with Gasteiger partial charge in [0.1, 0.15) is 11.6 Å². The fraction of sp³-hybridized carbons (Fsp3) is 0.211. The molecule has 0 fully saturated rings. The van der Waals surface area contributed by atoms with Gasteiger partial charge in [-0.2, -0.15) is 0 Å². The molecule has 0 aliphatic rings. The molecule has 0 bridgehead atoms. The van der Waals surface area contributed by atoms with Crippen LogP contribution in [0.1, 0.15) is 11.1 Å². The van der Waals surface area contributed by atoms with Crippen molar-refractivity contribution in [2.24, 2.45) is 0 Å². The molecule has 3 aromatic rings. The average molecular weight is 390 g/mol. The number of hydrogen-bond acceptors (Lipinski definition) is 4. The molecule has 2 N–H and O–H groups in total. The summed E-state index contributed by atoms with van der Waals surface area (Å²) in [5.41, 5.74) is 1.17. The summed E-state index contributed by atoms with van der Waals surface area (Å²) in [5.74, 6) is 0.164. The predicted molar refractivity (Wildman–Crippen MR) is 101 cm³/mol. The Balaban J connectivity index is 1.78. The van der Waals surface area contributed by atoms with Gasteiger partial charge in [0.05, 0.1) is 12.0 Å². The third kappa shape index (κ3) is 4.17. The highest BCUT2D eigenvalue weighted by Gasteiger charge is 2.17. The fourth-order valence-corrected chi connectivity index (χ4v) is 4.11. The number of ether oxygens (including phenoxy) is 1. The van der Waals surface area contributed by atoms with Crippen molar-refractivity contribution >= 4 is 20.9 Å². The molecule has 0 aliphatic heterocycles. The smallest absolute Gasteiger partial charge is 0.251 e. The fourth-order valence-electron chi connectivity index (χ4n) is 2.85. The van der Waals surface area contributed by atoms with Gasteiger partial charge in [0, 0.05) is 23.0 Å². The maximum Gasteiger partial charge on any atom is 0.251 e. The summed E-state index contributed by atoms with van der Waals surface area (Å²) in [6.45, 7) is 1.57. The number of fused-ring (bicyclic) bond motifs is 1. The number of methoxy groups -OCH3 is 1. The standard InChI is InChI=1S/C19H19FN2O4S/c1-12-9-15(20)3-6-18(12)27(24,25)21-8-7-13-10-14-11-16(26-2)4-5-17(14)22-19(13)23/h3-6,9-11,21H,7-8H2,1-2H3,(H,22,23). The van der Waals surface area contributed by atoms with Crippen LogP contribution >= 0.6 is 0 Å². The van der Waals surface area contributed by atoms with Gasteiger partial charge in [0.15, 0.2) is 0 Å². The topological polar surface area (TPSA) is 88.3 Å². The van der Waals surface area contributed by atoms with Crippen LogP contribution < -0.4 is 15.0 Å². The van der Waals surface area contributed by atoms with Crippen molar-refractivity contribution in [1.82, 2.24) is 9.71 Å². The van der Waals surface area contributed by atoms with Crippen LogP contribution in [0.2, 0.25) is 0 Å². The highest BCUT2D eigenvalue weighted by molar-refractivity contribution is 7.89. The zero-order valence-electron chi connectivity index (χ0n) is 14.9. The largest absolute Gasteiger partial charge is 0.497 e. The normalized spacial score (nSPS) is 11.7. The molecule has 0 spiro atoms. The Morgan fingerprint density at radius 2 is 1.93 bits per heavy atom. The molecule has 0 unspecified atom stereocenters. The average Bonchev–Trinajstić information content (AvgIpc) is 2.61. The lowest BCUT2D eigenvalue weighted by molar-refractivity contribution is 0.415. The lowest BCUT2D eigenvalue weighted by atomic mass is 10.1. The van der Waals surface area contributed by atoms with E-state index in [0.29, 0.717) is 22.4 Å². The minimum atomic E-state index is -3.79. The van der Waals surface area contributed by atoms with Crippen molar-refractivity contribution in [1.29, 1.82) is 0 Å². The summed E-state index contributed by atoms with van der Waals surface area (Å²) < 4.78 is 45.6. The number of halogens is 1. The summed E-state index contributed by atoms with van der Waals surface area (Å²) in [4.78, 5) is 15.0. The molecule has 142 valence electrons. The van der Waals surface area contributed by atoms with E-state index in [4.69, 9.17) is 4.74 Å². The minimum absolute atomic E-state index is 0.0149. The van der Waals surface area contributed by atoms with Gasteiger partial charge >= 0.3 is 0 Å². The molecule has 0 atom stereocenters. The Morgan fingerprint density at radius 3 is 2.63 bits per heavy atom. The molecule has 1 heterocycles. The molecule has 0 saturated heterocycles. The number of aromatic nitrogens is 1. The van der Waals surface area contributed by atoms with Crippen molar-refractivity contribution in [2.75, 3.05) is 13.7 Å². The summed E-state index contributed by atoms with van der Waals surface area (Å²) in [7, 11) is -2.24. The van der Waals surface area contributed by atoms with Crippen LogP contribution in [0.15, 0.2) is 52.2 Å². The van der Waals surface area contributed by atoms with Crippen molar-refractivity contribution in [2.45, 2.75) is 18.2 Å². The molecule has 3 rings (SSSR count). The van der Waals surface area contributed by atoms with Crippen molar-refractivity contribution in [3.8, 4) is 5.75 Å². The van der Waals surface area contributed by atoms with E-state index in [0.717, 1.165) is 17.5 Å². The lowest BCUT2D eigenvalue weighted by Gasteiger charge is -2.10. The zero-order valence-corrected chi connectivity index (χ0v) is 15.7. The summed E-state index contributed by atoms with van der Waals surface area (Å²) in [6, 6.07) is 10.5. The first-order valence-electron chi connectivity index (χ1n) is 8.26. The van der Waals surface area contributed by atoms with E-state index in [-0.39, 0.29) is 23.4 Å². The first-order chi connectivity index (χ1) is 12.8. The van der Waals surface area contributed by atoms with E-state index >= 15 is 0 Å². The number of aromatic amines is 1. The quantitative estimate of drug-likeness (QED) is 0.677. The van der Waals surface area contributed by atoms with E-state index in [1.165, 1.54) is 13.0 Å². The number of rotatable bonds is 6. The molecule has 8 heteroatoms. The van der Waals surface area contributed by atoms with Gasteiger partial charge in [-0.25, -0.2) is 17.5 Å². The second kappa shape index (κ2) is 7.50. The number of sulfonamides is 1. The SMILES string of the molecule is COc1ccc2[nH]c(=O)c(CCNS(=O)(=O)c3ccc(F)cc3C)cc2c1. The van der Waals surface area contributed by atoms with Crippen LogP contribution in [0.4, 0.5) is 4.39 Å². The van der Waals surface area contributed by atoms with E-state index in [9.17, 15) is 17.6 Å². The zero-order chi connectivity index (χ0) is 19.6. The molecule has 0 aliphatic carbocycles. The van der Waals surface area contributed by atoms with Crippen LogP contribution in [0.25, 0.3) is 10.9 Å². The molecular weight excluding hydrogens is 371 g/mol. The first-order valence-corrected chi connectivity index (χ1v) is 9.74. The molecule has 0 amide bonds. The van der Waals surface area contributed by atoms with Crippen molar-refractivity contribution in [3.63, 3.8) is 0 Å². The van der Waals surface area contributed by atoms with E-state index < -0.39 is 15.8 Å². The van der Waals surface area contributed by atoms with Gasteiger partial charge in [-0.3, -0.25) is 4.79 Å². The summed E-state index contributed by atoms with van der Waals surface area (Å²) in [5, 5.41) is 0.793. The van der Waals surface area contributed by atoms with Crippen LogP contribution in [-0.2, 0) is 16.4 Å². The Hall–Kier alpha value is -2.71. The number of benzene rings is 2. The third-order valence-electron chi connectivity index (χ3n) is 4.24. The molecule has 0 saturated carbocycles. The van der Waals surface area contributed by atoms with Gasteiger partial charge in [-0.05, 0) is 61.4 Å². The van der Waals surface area contributed by atoms with Gasteiger partial charge in [-0.1, -0.05) is 0 Å². The lowest BCUT2D eigenvalue weighted by Crippen LogP contribution is -2.28. The minimum Gasteiger partial charge on any atom is -0.497 e. The Kier molecular flexibility index (Phi) is 5.29. The molecule has 1 aromatic heterocycles. The Labute approximate surface area is 156 Å². The predicted octanol–water partition coefficient (Wildman–Crippen LogP) is 2.51. The maximum atomic E-state index is 13.2. The van der Waals surface area contributed by atoms with Crippen LogP contribution in [0, 0.1) is 12.7 Å². The summed E-state index contributed by atoms with van der Waals surface area (Å²) >= 11 is 0. The molecule has 2 aromatic carbocycles. The Morgan fingerprint density at radius 1 is 1.15 bits per heavy atom. The monoisotopic (exact) mass is 390 g/mol. The van der Waals surface area contributed by atoms with E-state index in [1.807, 2.05) is 0 Å². The molecular formula is C19H19FN2O4S. The van der Waals surface area contributed by atoms with Crippen LogP contribution in [-0.4, -0.2) is 27.1 Å². The number of pyridine rings is 1. The summed E-state index contributed by atoms with van der Waals surface area (Å²) in [6.07, 6.45) is 0.210. The second-order valence-corrected chi connectivity index (χ2v) is 7.87. The maximum absolute atomic E-state index is 13.2.